The third-order valence-corrected chi connectivity index (χ3v) is 4.68. The number of carbonyl (C=O) groups is 1. The SMILES string of the molecule is CN(C1CCC(C)(C)CC1)C1CCC(=O)C1. The summed E-state index contributed by atoms with van der Waals surface area (Å²) in [7, 11) is 2.23. The van der Waals surface area contributed by atoms with Crippen LogP contribution in [0.15, 0.2) is 0 Å². The van der Waals surface area contributed by atoms with Gasteiger partial charge in [0.2, 0.25) is 0 Å². The van der Waals surface area contributed by atoms with Gasteiger partial charge in [0.1, 0.15) is 5.78 Å². The minimum Gasteiger partial charge on any atom is -0.300 e. The van der Waals surface area contributed by atoms with E-state index in [4.69, 9.17) is 0 Å². The molecule has 2 fully saturated rings. The normalized spacial score (nSPS) is 31.2. The summed E-state index contributed by atoms with van der Waals surface area (Å²) in [4.78, 5) is 13.8. The van der Waals surface area contributed by atoms with Gasteiger partial charge in [-0.25, -0.2) is 0 Å². The summed E-state index contributed by atoms with van der Waals surface area (Å²) in [6.45, 7) is 4.75. The van der Waals surface area contributed by atoms with Crippen molar-refractivity contribution in [2.75, 3.05) is 7.05 Å². The van der Waals surface area contributed by atoms with E-state index in [9.17, 15) is 4.79 Å². The lowest BCUT2D eigenvalue weighted by atomic mass is 9.75. The van der Waals surface area contributed by atoms with Crippen molar-refractivity contribution in [1.82, 2.24) is 4.90 Å². The van der Waals surface area contributed by atoms with E-state index < -0.39 is 0 Å². The van der Waals surface area contributed by atoms with Crippen LogP contribution in [0.5, 0.6) is 0 Å². The van der Waals surface area contributed by atoms with Crippen LogP contribution in [0.25, 0.3) is 0 Å². The molecule has 16 heavy (non-hydrogen) atoms. The fourth-order valence-corrected chi connectivity index (χ4v) is 3.23. The van der Waals surface area contributed by atoms with Gasteiger partial charge in [0.15, 0.2) is 0 Å². The van der Waals surface area contributed by atoms with E-state index in [0.29, 0.717) is 17.2 Å². The average Bonchev–Trinajstić information content (AvgIpc) is 2.64. The zero-order chi connectivity index (χ0) is 11.8. The molecule has 1 atom stereocenters. The molecule has 0 aromatic heterocycles. The fraction of sp³-hybridized carbons (Fsp3) is 0.929. The molecule has 2 aliphatic rings. The van der Waals surface area contributed by atoms with Gasteiger partial charge in [-0.3, -0.25) is 4.79 Å². The third-order valence-electron chi connectivity index (χ3n) is 4.68. The quantitative estimate of drug-likeness (QED) is 0.717. The molecule has 2 nitrogen and oxygen atoms in total. The molecule has 0 aromatic rings. The third kappa shape index (κ3) is 2.65. The summed E-state index contributed by atoms with van der Waals surface area (Å²) in [6.07, 6.45) is 8.01. The van der Waals surface area contributed by atoms with Gasteiger partial charge >= 0.3 is 0 Å². The highest BCUT2D eigenvalue weighted by molar-refractivity contribution is 5.81. The highest BCUT2D eigenvalue weighted by Crippen LogP contribution is 2.38. The van der Waals surface area contributed by atoms with Crippen LogP contribution in [0, 0.1) is 5.41 Å². The summed E-state index contributed by atoms with van der Waals surface area (Å²) < 4.78 is 0. The Balaban J connectivity index is 1.86. The lowest BCUT2D eigenvalue weighted by molar-refractivity contribution is -0.117. The van der Waals surface area contributed by atoms with Crippen molar-refractivity contribution >= 4 is 5.78 Å². The van der Waals surface area contributed by atoms with E-state index in [1.165, 1.54) is 25.7 Å². The molecule has 0 heterocycles. The predicted octanol–water partition coefficient (Wildman–Crippen LogP) is 3.01. The first-order valence-corrected chi connectivity index (χ1v) is 6.71. The number of carbonyl (C=O) groups excluding carboxylic acids is 1. The molecular formula is C14H25NO. The van der Waals surface area contributed by atoms with Crippen LogP contribution in [-0.4, -0.2) is 29.8 Å². The molecule has 0 saturated heterocycles. The van der Waals surface area contributed by atoms with Crippen molar-refractivity contribution in [3.63, 3.8) is 0 Å². The summed E-state index contributed by atoms with van der Waals surface area (Å²) in [5, 5.41) is 0. The molecule has 2 aliphatic carbocycles. The van der Waals surface area contributed by atoms with Crippen molar-refractivity contribution in [3.8, 4) is 0 Å². The predicted molar refractivity (Wildman–Crippen MR) is 66.4 cm³/mol. The van der Waals surface area contributed by atoms with Gasteiger partial charge in [-0.05, 0) is 44.6 Å². The maximum atomic E-state index is 11.3. The van der Waals surface area contributed by atoms with Crippen LogP contribution in [0.2, 0.25) is 0 Å². The molecule has 92 valence electrons. The number of hydrogen-bond acceptors (Lipinski definition) is 2. The monoisotopic (exact) mass is 223 g/mol. The molecule has 0 bridgehead atoms. The molecule has 0 N–H and O–H groups in total. The summed E-state index contributed by atoms with van der Waals surface area (Å²) in [5.41, 5.74) is 0.544. The molecule has 0 spiro atoms. The lowest BCUT2D eigenvalue weighted by Crippen LogP contribution is -2.42. The standard InChI is InChI=1S/C14H25NO/c1-14(2)8-6-11(7-9-14)15(3)12-4-5-13(16)10-12/h11-12H,4-10H2,1-3H3. The van der Waals surface area contributed by atoms with Crippen LogP contribution >= 0.6 is 0 Å². The Kier molecular flexibility index (Phi) is 3.39. The molecule has 2 rings (SSSR count). The number of Topliss-reactive ketones (excluding diaryl/α,β-unsaturated/α-hetero) is 1. The topological polar surface area (TPSA) is 20.3 Å². The first-order chi connectivity index (χ1) is 7.48. The maximum absolute atomic E-state index is 11.3. The van der Waals surface area contributed by atoms with E-state index in [1.807, 2.05) is 0 Å². The van der Waals surface area contributed by atoms with Gasteiger partial charge in [0, 0.05) is 24.9 Å². The number of rotatable bonds is 2. The van der Waals surface area contributed by atoms with Crippen molar-refractivity contribution in [1.29, 1.82) is 0 Å². The molecule has 0 aromatic carbocycles. The number of ketones is 1. The van der Waals surface area contributed by atoms with Crippen molar-refractivity contribution in [2.45, 2.75) is 70.9 Å². The number of hydrogen-bond donors (Lipinski definition) is 0. The van der Waals surface area contributed by atoms with Gasteiger partial charge in [-0.1, -0.05) is 13.8 Å². The summed E-state index contributed by atoms with van der Waals surface area (Å²) >= 11 is 0. The highest BCUT2D eigenvalue weighted by atomic mass is 16.1. The van der Waals surface area contributed by atoms with E-state index >= 15 is 0 Å². The largest absolute Gasteiger partial charge is 0.300 e. The minimum atomic E-state index is 0.466. The Morgan fingerprint density at radius 2 is 1.75 bits per heavy atom. The molecule has 1 unspecified atom stereocenters. The van der Waals surface area contributed by atoms with Gasteiger partial charge in [0.05, 0.1) is 0 Å². The fourth-order valence-electron chi connectivity index (χ4n) is 3.23. The zero-order valence-electron chi connectivity index (χ0n) is 11.0. The highest BCUT2D eigenvalue weighted by Gasteiger charge is 2.33. The molecule has 0 amide bonds. The van der Waals surface area contributed by atoms with Crippen LogP contribution in [0.3, 0.4) is 0 Å². The Bertz CT molecular complexity index is 262. The van der Waals surface area contributed by atoms with E-state index in [1.54, 1.807) is 0 Å². The molecule has 0 aliphatic heterocycles. The first-order valence-electron chi connectivity index (χ1n) is 6.71. The zero-order valence-corrected chi connectivity index (χ0v) is 11.0. The Morgan fingerprint density at radius 3 is 2.25 bits per heavy atom. The molecule has 0 radical (unpaired) electrons. The van der Waals surface area contributed by atoms with Crippen molar-refractivity contribution in [3.05, 3.63) is 0 Å². The van der Waals surface area contributed by atoms with Gasteiger partial charge < -0.3 is 4.90 Å². The average molecular weight is 223 g/mol. The van der Waals surface area contributed by atoms with Gasteiger partial charge in [-0.2, -0.15) is 0 Å². The molecular weight excluding hydrogens is 198 g/mol. The Morgan fingerprint density at radius 1 is 1.12 bits per heavy atom. The van der Waals surface area contributed by atoms with Crippen molar-refractivity contribution in [2.24, 2.45) is 5.41 Å². The summed E-state index contributed by atoms with van der Waals surface area (Å²) in [5.74, 6) is 0.466. The summed E-state index contributed by atoms with van der Waals surface area (Å²) in [6, 6.07) is 1.27. The second-order valence-electron chi connectivity index (χ2n) is 6.50. The molecule has 2 heteroatoms. The second-order valence-corrected chi connectivity index (χ2v) is 6.50. The van der Waals surface area contributed by atoms with Crippen LogP contribution in [0.4, 0.5) is 0 Å². The van der Waals surface area contributed by atoms with Gasteiger partial charge in [-0.15, -0.1) is 0 Å². The van der Waals surface area contributed by atoms with Crippen LogP contribution in [0.1, 0.15) is 58.8 Å². The lowest BCUT2D eigenvalue weighted by Gasteiger charge is -2.40. The maximum Gasteiger partial charge on any atom is 0.134 e. The first kappa shape index (κ1) is 12.1. The molecule has 2 saturated carbocycles. The Hall–Kier alpha value is -0.370. The van der Waals surface area contributed by atoms with Gasteiger partial charge in [0.25, 0.3) is 0 Å². The minimum absolute atomic E-state index is 0.466. The van der Waals surface area contributed by atoms with Crippen LogP contribution < -0.4 is 0 Å². The van der Waals surface area contributed by atoms with E-state index in [0.717, 1.165) is 25.3 Å². The van der Waals surface area contributed by atoms with E-state index in [-0.39, 0.29) is 0 Å². The second kappa shape index (κ2) is 4.48. The number of nitrogens with zero attached hydrogens (tertiary/aromatic N) is 1. The smallest absolute Gasteiger partial charge is 0.134 e. The van der Waals surface area contributed by atoms with E-state index in [2.05, 4.69) is 25.8 Å². The Labute approximate surface area is 99.4 Å². The van der Waals surface area contributed by atoms with Crippen molar-refractivity contribution < 1.29 is 4.79 Å². The van der Waals surface area contributed by atoms with Crippen LogP contribution in [-0.2, 0) is 4.79 Å².